The molecule has 156 valence electrons. The quantitative estimate of drug-likeness (QED) is 0.271. The molecule has 1 unspecified atom stereocenters. The number of rotatable bonds is 7. The Balaban J connectivity index is 0.00000280. The van der Waals surface area contributed by atoms with Gasteiger partial charge < -0.3 is 15.1 Å². The maximum Gasteiger partial charge on any atom is 0.194 e. The first-order chi connectivity index (χ1) is 13.2. The number of hydrogen-bond donors (Lipinski definition) is 1. The Bertz CT molecular complexity index is 648. The molecule has 1 aromatic carbocycles. The Hall–Kier alpha value is -1.28. The number of hydrogen-bond acceptors (Lipinski definition) is 3. The maximum absolute atomic E-state index is 4.96. The van der Waals surface area contributed by atoms with Gasteiger partial charge in [0.05, 0.1) is 6.54 Å². The van der Waals surface area contributed by atoms with Crippen molar-refractivity contribution < 1.29 is 0 Å². The molecule has 2 heterocycles. The summed E-state index contributed by atoms with van der Waals surface area (Å²) in [6.07, 6.45) is 5.69. The third-order valence-electron chi connectivity index (χ3n) is 5.63. The number of aliphatic imine (C=N–C) groups is 1. The van der Waals surface area contributed by atoms with Gasteiger partial charge in [0.2, 0.25) is 0 Å². The van der Waals surface area contributed by atoms with Gasteiger partial charge >= 0.3 is 0 Å². The highest BCUT2D eigenvalue weighted by Gasteiger charge is 2.27. The predicted molar refractivity (Wildman–Crippen MR) is 131 cm³/mol. The van der Waals surface area contributed by atoms with Crippen molar-refractivity contribution in [2.24, 2.45) is 4.99 Å². The standard InChI is InChI=1S/C22H35N5.HI/c1-4-23-22(27-15-12-21(18-27)25(5-2)6-3)24-17-19-10-9-11-20(16-19)26-13-7-8-14-26;/h7-11,16,21H,4-6,12-15,17-18H2,1-3H3,(H,23,24);1H. The lowest BCUT2D eigenvalue weighted by atomic mass is 10.2. The minimum atomic E-state index is 0. The van der Waals surface area contributed by atoms with Crippen LogP contribution in [-0.4, -0.2) is 67.6 Å². The third kappa shape index (κ3) is 5.86. The summed E-state index contributed by atoms with van der Waals surface area (Å²) in [4.78, 5) is 12.3. The maximum atomic E-state index is 4.96. The SMILES string of the molecule is CCNC(=NCc1cccc(N2CC=CC2)c1)N1CCC(N(CC)CC)C1.I. The van der Waals surface area contributed by atoms with Gasteiger partial charge in [-0.3, -0.25) is 4.90 Å². The van der Waals surface area contributed by atoms with Crippen molar-refractivity contribution in [2.75, 3.05) is 50.7 Å². The zero-order valence-electron chi connectivity index (χ0n) is 17.6. The van der Waals surface area contributed by atoms with Gasteiger partial charge in [0.1, 0.15) is 0 Å². The summed E-state index contributed by atoms with van der Waals surface area (Å²) in [5, 5.41) is 3.50. The van der Waals surface area contributed by atoms with Gasteiger partial charge in [-0.25, -0.2) is 4.99 Å². The molecule has 0 amide bonds. The number of halogens is 1. The average molecular weight is 497 g/mol. The molecule has 28 heavy (non-hydrogen) atoms. The van der Waals surface area contributed by atoms with E-state index in [1.807, 2.05) is 0 Å². The zero-order valence-corrected chi connectivity index (χ0v) is 19.9. The molecular formula is C22H36IN5. The monoisotopic (exact) mass is 497 g/mol. The second-order valence-electron chi connectivity index (χ2n) is 7.33. The fourth-order valence-corrected chi connectivity index (χ4v) is 4.10. The van der Waals surface area contributed by atoms with Crippen molar-refractivity contribution in [2.45, 2.75) is 39.8 Å². The normalized spacial score (nSPS) is 19.4. The summed E-state index contributed by atoms with van der Waals surface area (Å²) in [6.45, 7) is 14.7. The lowest BCUT2D eigenvalue weighted by Gasteiger charge is -2.27. The van der Waals surface area contributed by atoms with Gasteiger partial charge in [0, 0.05) is 44.5 Å². The first-order valence-corrected chi connectivity index (χ1v) is 10.5. The molecule has 2 aliphatic rings. The molecule has 5 nitrogen and oxygen atoms in total. The van der Waals surface area contributed by atoms with Crippen molar-refractivity contribution >= 4 is 35.6 Å². The van der Waals surface area contributed by atoms with E-state index in [4.69, 9.17) is 4.99 Å². The molecule has 1 fully saturated rings. The molecular weight excluding hydrogens is 461 g/mol. The lowest BCUT2D eigenvalue weighted by molar-refractivity contribution is 0.223. The van der Waals surface area contributed by atoms with Crippen molar-refractivity contribution in [3.05, 3.63) is 42.0 Å². The first-order valence-electron chi connectivity index (χ1n) is 10.5. The van der Waals surface area contributed by atoms with Gasteiger partial charge in [-0.15, -0.1) is 24.0 Å². The van der Waals surface area contributed by atoms with Crippen LogP contribution in [0.4, 0.5) is 5.69 Å². The third-order valence-corrected chi connectivity index (χ3v) is 5.63. The minimum Gasteiger partial charge on any atom is -0.364 e. The van der Waals surface area contributed by atoms with Gasteiger partial charge in [-0.1, -0.05) is 38.1 Å². The molecule has 1 N–H and O–H groups in total. The van der Waals surface area contributed by atoms with E-state index in [1.54, 1.807) is 0 Å². The van der Waals surface area contributed by atoms with Gasteiger partial charge in [-0.05, 0) is 44.1 Å². The highest BCUT2D eigenvalue weighted by Crippen LogP contribution is 2.20. The Labute approximate surface area is 187 Å². The van der Waals surface area contributed by atoms with Crippen LogP contribution in [0.25, 0.3) is 0 Å². The Morgan fingerprint density at radius 3 is 2.61 bits per heavy atom. The van der Waals surface area contributed by atoms with Crippen LogP contribution in [0.3, 0.4) is 0 Å². The molecule has 3 rings (SSSR count). The van der Waals surface area contributed by atoms with Crippen LogP contribution in [0.1, 0.15) is 32.8 Å². The Morgan fingerprint density at radius 1 is 1.18 bits per heavy atom. The van der Waals surface area contributed by atoms with Crippen LogP contribution >= 0.6 is 24.0 Å². The summed E-state index contributed by atoms with van der Waals surface area (Å²) < 4.78 is 0. The summed E-state index contributed by atoms with van der Waals surface area (Å²) >= 11 is 0. The molecule has 0 bridgehead atoms. The largest absolute Gasteiger partial charge is 0.364 e. The van der Waals surface area contributed by atoms with E-state index in [-0.39, 0.29) is 24.0 Å². The number of nitrogens with one attached hydrogen (secondary N) is 1. The van der Waals surface area contributed by atoms with Crippen molar-refractivity contribution in [3.8, 4) is 0 Å². The van der Waals surface area contributed by atoms with Crippen LogP contribution in [-0.2, 0) is 6.54 Å². The second kappa shape index (κ2) is 11.7. The summed E-state index contributed by atoms with van der Waals surface area (Å²) in [7, 11) is 0. The second-order valence-corrected chi connectivity index (χ2v) is 7.33. The number of benzene rings is 1. The highest BCUT2D eigenvalue weighted by molar-refractivity contribution is 14.0. The number of likely N-dealkylation sites (N-methyl/N-ethyl adjacent to an activating group) is 1. The highest BCUT2D eigenvalue weighted by atomic mass is 127. The number of likely N-dealkylation sites (tertiary alicyclic amines) is 1. The average Bonchev–Trinajstić information content (AvgIpc) is 3.39. The van der Waals surface area contributed by atoms with E-state index in [2.05, 4.69) is 77.2 Å². The number of nitrogens with zero attached hydrogens (tertiary/aromatic N) is 4. The molecule has 0 radical (unpaired) electrons. The molecule has 6 heteroatoms. The minimum absolute atomic E-state index is 0. The van der Waals surface area contributed by atoms with Gasteiger partial charge in [0.15, 0.2) is 5.96 Å². The zero-order chi connectivity index (χ0) is 19.1. The molecule has 1 aromatic rings. The van der Waals surface area contributed by atoms with E-state index in [0.717, 1.165) is 58.3 Å². The van der Waals surface area contributed by atoms with E-state index in [9.17, 15) is 0 Å². The van der Waals surface area contributed by atoms with Crippen molar-refractivity contribution in [3.63, 3.8) is 0 Å². The Kier molecular flexibility index (Phi) is 9.58. The fraction of sp³-hybridized carbons (Fsp3) is 0.591. The smallest absolute Gasteiger partial charge is 0.194 e. The molecule has 2 aliphatic heterocycles. The summed E-state index contributed by atoms with van der Waals surface area (Å²) in [5.74, 6) is 1.06. The molecule has 0 spiro atoms. The lowest BCUT2D eigenvalue weighted by Crippen LogP contribution is -2.43. The van der Waals surface area contributed by atoms with E-state index >= 15 is 0 Å². The van der Waals surface area contributed by atoms with Crippen LogP contribution in [0.2, 0.25) is 0 Å². The molecule has 0 aliphatic carbocycles. The van der Waals surface area contributed by atoms with Crippen molar-refractivity contribution in [1.82, 2.24) is 15.1 Å². The molecule has 0 aromatic heterocycles. The predicted octanol–water partition coefficient (Wildman–Crippen LogP) is 3.56. The van der Waals surface area contributed by atoms with Crippen LogP contribution < -0.4 is 10.2 Å². The van der Waals surface area contributed by atoms with E-state index in [0.29, 0.717) is 6.04 Å². The molecule has 1 saturated heterocycles. The molecule has 1 atom stereocenters. The van der Waals surface area contributed by atoms with Crippen molar-refractivity contribution in [1.29, 1.82) is 0 Å². The van der Waals surface area contributed by atoms with Gasteiger partial charge in [-0.2, -0.15) is 0 Å². The summed E-state index contributed by atoms with van der Waals surface area (Å²) in [6, 6.07) is 9.46. The molecule has 0 saturated carbocycles. The number of anilines is 1. The van der Waals surface area contributed by atoms with Crippen LogP contribution in [0.15, 0.2) is 41.4 Å². The topological polar surface area (TPSA) is 34.1 Å². The number of guanidine groups is 1. The summed E-state index contributed by atoms with van der Waals surface area (Å²) in [5.41, 5.74) is 2.56. The van der Waals surface area contributed by atoms with E-state index in [1.165, 1.54) is 17.7 Å². The van der Waals surface area contributed by atoms with Crippen LogP contribution in [0.5, 0.6) is 0 Å². The van der Waals surface area contributed by atoms with Gasteiger partial charge in [0.25, 0.3) is 0 Å². The Morgan fingerprint density at radius 2 is 1.93 bits per heavy atom. The van der Waals surface area contributed by atoms with E-state index < -0.39 is 0 Å². The first kappa shape index (κ1) is 23.0. The fourth-order valence-electron chi connectivity index (χ4n) is 4.10. The van der Waals surface area contributed by atoms with Crippen LogP contribution in [0, 0.1) is 0 Å².